The van der Waals surface area contributed by atoms with Gasteiger partial charge in [0.25, 0.3) is 5.91 Å². The first kappa shape index (κ1) is 21.0. The van der Waals surface area contributed by atoms with E-state index in [4.69, 9.17) is 0 Å². The van der Waals surface area contributed by atoms with Gasteiger partial charge in [0.05, 0.1) is 17.3 Å². The Hall–Kier alpha value is -2.86. The van der Waals surface area contributed by atoms with E-state index < -0.39 is 0 Å². The topological polar surface area (TPSA) is 64.7 Å². The quantitative estimate of drug-likeness (QED) is 0.756. The van der Waals surface area contributed by atoms with Crippen molar-refractivity contribution in [3.63, 3.8) is 0 Å². The third kappa shape index (κ3) is 4.37. The van der Waals surface area contributed by atoms with Crippen molar-refractivity contribution in [2.75, 3.05) is 42.9 Å². The van der Waals surface area contributed by atoms with Crippen LogP contribution in [0, 0.1) is 12.8 Å². The van der Waals surface area contributed by atoms with Gasteiger partial charge in [-0.2, -0.15) is 0 Å². The monoisotopic (exact) mass is 432 g/mol. The number of piperazine rings is 1. The Balaban J connectivity index is 1.46. The molecule has 2 N–H and O–H groups in total. The van der Waals surface area contributed by atoms with Crippen LogP contribution in [-0.4, -0.2) is 49.4 Å². The minimum Gasteiger partial charge on any atom is -0.371 e. The molecule has 0 unspecified atom stereocenters. The first-order valence-corrected chi connectivity index (χ1v) is 11.9. The molecule has 2 aromatic carbocycles. The third-order valence-electron chi connectivity index (χ3n) is 6.82. The van der Waals surface area contributed by atoms with Crippen molar-refractivity contribution in [3.05, 3.63) is 59.2 Å². The smallest absolute Gasteiger partial charge is 0.256 e. The zero-order valence-electron chi connectivity index (χ0n) is 18.8. The molecule has 0 radical (unpaired) electrons. The summed E-state index contributed by atoms with van der Waals surface area (Å²) in [5.41, 5.74) is 4.84. The molecular weight excluding hydrogens is 400 g/mol. The molecule has 0 aromatic heterocycles. The number of hydrogen-bond donors (Lipinski definition) is 2. The summed E-state index contributed by atoms with van der Waals surface area (Å²) in [7, 11) is 0. The van der Waals surface area contributed by atoms with Crippen LogP contribution in [0.25, 0.3) is 0 Å². The summed E-state index contributed by atoms with van der Waals surface area (Å²) in [6.45, 7) is 6.21. The Bertz CT molecular complexity index is 1010. The van der Waals surface area contributed by atoms with Crippen LogP contribution in [0.1, 0.15) is 53.2 Å². The van der Waals surface area contributed by atoms with Gasteiger partial charge in [0.15, 0.2) is 0 Å². The zero-order chi connectivity index (χ0) is 22.1. The van der Waals surface area contributed by atoms with E-state index in [2.05, 4.69) is 46.7 Å². The average molecular weight is 433 g/mol. The second-order valence-corrected chi connectivity index (χ2v) is 9.32. The van der Waals surface area contributed by atoms with Gasteiger partial charge in [-0.25, -0.2) is 0 Å². The first-order chi connectivity index (χ1) is 15.6. The van der Waals surface area contributed by atoms with Gasteiger partial charge in [0, 0.05) is 44.3 Å². The number of aryl methyl sites for hydroxylation is 1. The molecule has 2 saturated heterocycles. The molecule has 1 atom stereocenters. The third-order valence-corrected chi connectivity index (χ3v) is 6.82. The van der Waals surface area contributed by atoms with Gasteiger partial charge in [-0.05, 0) is 56.4 Å². The molecule has 3 fully saturated rings. The van der Waals surface area contributed by atoms with Gasteiger partial charge in [-0.15, -0.1) is 0 Å². The van der Waals surface area contributed by atoms with Crippen LogP contribution in [0.15, 0.2) is 42.5 Å². The van der Waals surface area contributed by atoms with Crippen LogP contribution in [0.3, 0.4) is 0 Å². The number of anilines is 2. The number of amides is 2. The highest BCUT2D eigenvalue weighted by atomic mass is 16.2. The number of carbonyl (C=O) groups excluding carboxylic acids is 2. The molecule has 2 aromatic rings. The van der Waals surface area contributed by atoms with Gasteiger partial charge >= 0.3 is 0 Å². The van der Waals surface area contributed by atoms with Crippen LogP contribution < -0.4 is 15.5 Å². The second-order valence-electron chi connectivity index (χ2n) is 9.32. The number of benzene rings is 2. The maximum absolute atomic E-state index is 13.9. The van der Waals surface area contributed by atoms with E-state index in [1.807, 2.05) is 23.1 Å². The lowest BCUT2D eigenvalue weighted by atomic mass is 9.99. The van der Waals surface area contributed by atoms with Gasteiger partial charge in [0.2, 0.25) is 5.91 Å². The van der Waals surface area contributed by atoms with Gasteiger partial charge < -0.3 is 20.4 Å². The summed E-state index contributed by atoms with van der Waals surface area (Å²) >= 11 is 0. The summed E-state index contributed by atoms with van der Waals surface area (Å²) in [5.74, 6) is 0.320. The normalized spacial score (nSPS) is 21.0. The maximum Gasteiger partial charge on any atom is 0.256 e. The predicted molar refractivity (Wildman–Crippen MR) is 127 cm³/mol. The van der Waals surface area contributed by atoms with E-state index >= 15 is 0 Å². The number of hydrogen-bond acceptors (Lipinski definition) is 4. The fraction of sp³-hybridized carbons (Fsp3) is 0.462. The summed E-state index contributed by atoms with van der Waals surface area (Å²) in [5, 5.41) is 6.51. The van der Waals surface area contributed by atoms with Gasteiger partial charge in [-0.1, -0.05) is 29.8 Å². The van der Waals surface area contributed by atoms with E-state index in [-0.39, 0.29) is 23.8 Å². The van der Waals surface area contributed by atoms with E-state index in [1.165, 1.54) is 11.1 Å². The largest absolute Gasteiger partial charge is 0.371 e. The highest BCUT2D eigenvalue weighted by Crippen LogP contribution is 2.34. The Morgan fingerprint density at radius 2 is 1.84 bits per heavy atom. The Kier molecular flexibility index (Phi) is 5.87. The van der Waals surface area contributed by atoms with E-state index in [0.717, 1.165) is 68.8 Å². The molecule has 168 valence electrons. The van der Waals surface area contributed by atoms with E-state index in [0.29, 0.717) is 6.54 Å². The molecule has 0 spiro atoms. The molecule has 1 aliphatic carbocycles. The van der Waals surface area contributed by atoms with E-state index in [9.17, 15) is 9.59 Å². The first-order valence-electron chi connectivity index (χ1n) is 11.9. The lowest BCUT2D eigenvalue weighted by Crippen LogP contribution is -2.49. The van der Waals surface area contributed by atoms with Crippen LogP contribution in [-0.2, 0) is 4.79 Å². The van der Waals surface area contributed by atoms with Crippen molar-refractivity contribution in [2.24, 2.45) is 5.92 Å². The molecule has 0 bridgehead atoms. The number of nitrogens with zero attached hydrogens (tertiary/aromatic N) is 2. The van der Waals surface area contributed by atoms with Crippen molar-refractivity contribution in [2.45, 2.75) is 38.6 Å². The summed E-state index contributed by atoms with van der Waals surface area (Å²) in [4.78, 5) is 30.5. The molecule has 1 saturated carbocycles. The fourth-order valence-electron chi connectivity index (χ4n) is 4.88. The molecular formula is C26H32N4O2. The standard InChI is InChI=1S/C26H32N4O2/c1-18-5-4-6-20(15-18)24-17-27-11-14-30(24)26(32)22-10-9-21(28-25(31)19-7-8-19)16-23(22)29-12-2-3-13-29/h4-6,9-10,15-16,19,24,27H,2-3,7-8,11-14,17H2,1H3,(H,28,31)/t24-/m1/s1. The SMILES string of the molecule is Cc1cccc([C@H]2CNCCN2C(=O)c2ccc(NC(=O)C3CC3)cc2N2CCCC2)c1. The van der Waals surface area contributed by atoms with Crippen molar-refractivity contribution in [1.82, 2.24) is 10.2 Å². The molecule has 2 aliphatic heterocycles. The number of rotatable bonds is 5. The second kappa shape index (κ2) is 8.94. The Morgan fingerprint density at radius 3 is 2.59 bits per heavy atom. The summed E-state index contributed by atoms with van der Waals surface area (Å²) in [6, 6.07) is 14.3. The Morgan fingerprint density at radius 1 is 1.03 bits per heavy atom. The van der Waals surface area contributed by atoms with Crippen LogP contribution in [0.2, 0.25) is 0 Å². The van der Waals surface area contributed by atoms with Crippen LogP contribution in [0.5, 0.6) is 0 Å². The van der Waals surface area contributed by atoms with Gasteiger partial charge in [-0.3, -0.25) is 9.59 Å². The molecule has 6 heteroatoms. The maximum atomic E-state index is 13.9. The average Bonchev–Trinajstić information content (AvgIpc) is 3.53. The Labute approximate surface area is 190 Å². The lowest BCUT2D eigenvalue weighted by molar-refractivity contribution is -0.117. The van der Waals surface area contributed by atoms with Crippen molar-refractivity contribution >= 4 is 23.2 Å². The van der Waals surface area contributed by atoms with Crippen molar-refractivity contribution < 1.29 is 9.59 Å². The highest BCUT2D eigenvalue weighted by molar-refractivity contribution is 6.02. The molecule has 32 heavy (non-hydrogen) atoms. The molecule has 2 amide bonds. The molecule has 5 rings (SSSR count). The number of carbonyl (C=O) groups is 2. The lowest BCUT2D eigenvalue weighted by Gasteiger charge is -2.37. The fourth-order valence-corrected chi connectivity index (χ4v) is 4.88. The summed E-state index contributed by atoms with van der Waals surface area (Å²) < 4.78 is 0. The number of nitrogens with one attached hydrogen (secondary N) is 2. The minimum absolute atomic E-state index is 0.0109. The zero-order valence-corrected chi connectivity index (χ0v) is 18.8. The van der Waals surface area contributed by atoms with Crippen molar-refractivity contribution in [1.29, 1.82) is 0 Å². The van der Waals surface area contributed by atoms with Crippen LogP contribution in [0.4, 0.5) is 11.4 Å². The highest BCUT2D eigenvalue weighted by Gasteiger charge is 2.32. The minimum atomic E-state index is 0.0109. The molecule has 6 nitrogen and oxygen atoms in total. The van der Waals surface area contributed by atoms with E-state index in [1.54, 1.807) is 0 Å². The van der Waals surface area contributed by atoms with Gasteiger partial charge in [0.1, 0.15) is 0 Å². The summed E-state index contributed by atoms with van der Waals surface area (Å²) in [6.07, 6.45) is 4.22. The molecule has 2 heterocycles. The predicted octanol–water partition coefficient (Wildman–Crippen LogP) is 3.73. The van der Waals surface area contributed by atoms with Crippen molar-refractivity contribution in [3.8, 4) is 0 Å². The molecule has 3 aliphatic rings. The van der Waals surface area contributed by atoms with Crippen LogP contribution >= 0.6 is 0 Å².